The van der Waals surface area contributed by atoms with E-state index in [1.165, 1.54) is 4.90 Å². The summed E-state index contributed by atoms with van der Waals surface area (Å²) in [5, 5.41) is 11.6. The average Bonchev–Trinajstić information content (AvgIpc) is 3.40. The summed E-state index contributed by atoms with van der Waals surface area (Å²) >= 11 is 0. The number of ketones is 1. The van der Waals surface area contributed by atoms with E-state index in [0.717, 1.165) is 44.7 Å². The molecule has 8 nitrogen and oxygen atoms in total. The maximum absolute atomic E-state index is 13.5. The number of nitrogens with zero attached hydrogens (tertiary/aromatic N) is 2. The van der Waals surface area contributed by atoms with Crippen LogP contribution in [-0.2, 0) is 9.53 Å². The maximum atomic E-state index is 13.5. The average molecular weight is 448 g/mol. The summed E-state index contributed by atoms with van der Waals surface area (Å²) in [6, 6.07) is 11.8. The first kappa shape index (κ1) is 21.4. The Hall–Kier alpha value is -3.49. The Morgan fingerprint density at radius 2 is 2.00 bits per heavy atom. The van der Waals surface area contributed by atoms with Crippen LogP contribution in [0.3, 0.4) is 0 Å². The zero-order valence-electron chi connectivity index (χ0n) is 18.2. The number of aromatic nitrogens is 1. The van der Waals surface area contributed by atoms with Crippen LogP contribution in [0.4, 0.5) is 0 Å². The third-order valence-corrected chi connectivity index (χ3v) is 6.33. The summed E-state index contributed by atoms with van der Waals surface area (Å²) in [6.07, 6.45) is 4.01. The summed E-state index contributed by atoms with van der Waals surface area (Å²) in [5.74, 6) is -1.46. The number of carbonyl (C=O) groups is 2. The highest BCUT2D eigenvalue weighted by Gasteiger charge is 2.44. The van der Waals surface area contributed by atoms with E-state index in [0.29, 0.717) is 17.7 Å². The number of rotatable bonds is 7. The van der Waals surface area contributed by atoms with E-state index in [4.69, 9.17) is 9.15 Å². The van der Waals surface area contributed by atoms with Crippen LogP contribution in [0.2, 0.25) is 0 Å². The van der Waals surface area contributed by atoms with E-state index in [2.05, 4.69) is 4.98 Å². The number of morpholine rings is 1. The maximum Gasteiger partial charge on any atom is 0.290 e. The lowest BCUT2D eigenvalue weighted by atomic mass is 9.96. The lowest BCUT2D eigenvalue weighted by Crippen LogP contribution is -3.14. The van der Waals surface area contributed by atoms with E-state index >= 15 is 0 Å². The molecule has 33 heavy (non-hydrogen) atoms. The molecule has 0 bridgehead atoms. The third-order valence-electron chi connectivity index (χ3n) is 6.33. The molecular weight excluding hydrogens is 422 g/mol. The topological polar surface area (TPSA) is 97.3 Å². The van der Waals surface area contributed by atoms with Crippen molar-refractivity contribution in [3.63, 3.8) is 0 Å². The molecule has 0 aliphatic carbocycles. The van der Waals surface area contributed by atoms with Crippen molar-refractivity contribution in [2.24, 2.45) is 0 Å². The van der Waals surface area contributed by atoms with Crippen LogP contribution in [0, 0.1) is 0 Å². The largest absolute Gasteiger partial charge is 0.503 e. The zero-order valence-corrected chi connectivity index (χ0v) is 18.2. The van der Waals surface area contributed by atoms with Gasteiger partial charge in [0.1, 0.15) is 18.7 Å². The second-order valence-corrected chi connectivity index (χ2v) is 8.39. The van der Waals surface area contributed by atoms with Crippen molar-refractivity contribution in [3.8, 4) is 0 Å². The minimum Gasteiger partial charge on any atom is -0.503 e. The van der Waals surface area contributed by atoms with Gasteiger partial charge in [-0.2, -0.15) is 0 Å². The molecule has 0 saturated carbocycles. The summed E-state index contributed by atoms with van der Waals surface area (Å²) < 4.78 is 11.2. The van der Waals surface area contributed by atoms with Gasteiger partial charge in [0.05, 0.1) is 31.4 Å². The highest BCUT2D eigenvalue weighted by atomic mass is 16.5. The van der Waals surface area contributed by atoms with E-state index in [1.54, 1.807) is 35.5 Å². The highest BCUT2D eigenvalue weighted by molar-refractivity contribution is 6.15. The van der Waals surface area contributed by atoms with Gasteiger partial charge in [-0.1, -0.05) is 24.3 Å². The molecular formula is C25H26N3O5+. The van der Waals surface area contributed by atoms with Gasteiger partial charge >= 0.3 is 0 Å². The first-order valence-electron chi connectivity index (χ1n) is 11.2. The molecule has 4 heterocycles. The van der Waals surface area contributed by atoms with Crippen molar-refractivity contribution in [2.45, 2.75) is 12.5 Å². The molecule has 1 fully saturated rings. The standard InChI is InChI=1S/C25H25N3O5/c29-23(20-15-17-5-1-2-7-19(17)33-20)21-22(18-6-3-8-26-16-18)28(25(31)24(21)30)10-4-9-27-11-13-32-14-12-27/h1-3,5-8,15-16,22,30H,4,9-14H2/p+1/t22-/m1/s1. The van der Waals surface area contributed by atoms with E-state index in [-0.39, 0.29) is 11.3 Å². The number of carbonyl (C=O) groups excluding carboxylic acids is 2. The number of benzene rings is 1. The Kier molecular flexibility index (Phi) is 5.93. The summed E-state index contributed by atoms with van der Waals surface area (Å²) in [7, 11) is 0. The van der Waals surface area contributed by atoms with Crippen molar-refractivity contribution >= 4 is 22.7 Å². The van der Waals surface area contributed by atoms with Gasteiger partial charge in [0, 0.05) is 30.7 Å². The van der Waals surface area contributed by atoms with Gasteiger partial charge in [-0.05, 0) is 23.8 Å². The van der Waals surface area contributed by atoms with Gasteiger partial charge in [-0.3, -0.25) is 14.6 Å². The number of furan rings is 1. The van der Waals surface area contributed by atoms with Crippen molar-refractivity contribution in [1.29, 1.82) is 0 Å². The minimum absolute atomic E-state index is 0.0331. The molecule has 3 aromatic rings. The van der Waals surface area contributed by atoms with Crippen LogP contribution in [-0.4, -0.2) is 66.1 Å². The van der Waals surface area contributed by atoms with Gasteiger partial charge in [0.25, 0.3) is 5.91 Å². The lowest BCUT2D eigenvalue weighted by molar-refractivity contribution is -0.908. The Labute approximate surface area is 191 Å². The molecule has 0 spiro atoms. The molecule has 1 saturated heterocycles. The van der Waals surface area contributed by atoms with Crippen molar-refractivity contribution in [1.82, 2.24) is 9.88 Å². The van der Waals surface area contributed by atoms with Gasteiger partial charge < -0.3 is 24.1 Å². The number of quaternary nitrogens is 1. The van der Waals surface area contributed by atoms with Gasteiger partial charge in [0.2, 0.25) is 5.78 Å². The first-order valence-corrected chi connectivity index (χ1v) is 11.2. The smallest absolute Gasteiger partial charge is 0.290 e. The van der Waals surface area contributed by atoms with Crippen LogP contribution in [0.1, 0.15) is 28.6 Å². The van der Waals surface area contributed by atoms with Crippen LogP contribution < -0.4 is 4.90 Å². The Morgan fingerprint density at radius 3 is 2.76 bits per heavy atom. The number of pyridine rings is 1. The van der Waals surface area contributed by atoms with Crippen molar-refractivity contribution in [3.05, 3.63) is 77.5 Å². The quantitative estimate of drug-likeness (QED) is 0.534. The van der Waals surface area contributed by atoms with E-state index in [1.807, 2.05) is 24.3 Å². The third kappa shape index (κ3) is 4.15. The number of ether oxygens (including phenoxy) is 1. The number of fused-ring (bicyclic) bond motifs is 1. The number of aliphatic hydroxyl groups is 1. The summed E-state index contributed by atoms with van der Waals surface area (Å²) in [4.78, 5) is 33.7. The molecule has 1 amide bonds. The Bertz CT molecular complexity index is 1160. The molecule has 2 aliphatic heterocycles. The molecule has 1 atom stereocenters. The molecule has 0 unspecified atom stereocenters. The second-order valence-electron chi connectivity index (χ2n) is 8.39. The van der Waals surface area contributed by atoms with Gasteiger partial charge in [-0.25, -0.2) is 0 Å². The molecule has 170 valence electrons. The number of para-hydroxylation sites is 1. The van der Waals surface area contributed by atoms with Gasteiger partial charge in [-0.15, -0.1) is 0 Å². The van der Waals surface area contributed by atoms with Crippen molar-refractivity contribution < 1.29 is 28.7 Å². The number of aliphatic hydroxyl groups excluding tert-OH is 1. The fourth-order valence-corrected chi connectivity index (χ4v) is 4.64. The lowest BCUT2D eigenvalue weighted by Gasteiger charge is -2.28. The fourth-order valence-electron chi connectivity index (χ4n) is 4.64. The number of hydrogen-bond donors (Lipinski definition) is 2. The fraction of sp³-hybridized carbons (Fsp3) is 0.320. The normalized spacial score (nSPS) is 19.6. The number of hydrogen-bond acceptors (Lipinski definition) is 6. The minimum atomic E-state index is -0.716. The highest BCUT2D eigenvalue weighted by Crippen LogP contribution is 2.39. The molecule has 1 aromatic carbocycles. The molecule has 2 N–H and O–H groups in total. The SMILES string of the molecule is O=C(C1=C(O)C(=O)N(CCC[NH+]2CCOCC2)[C@@H]1c1cccnc1)c1cc2ccccc2o1. The predicted molar refractivity (Wildman–Crippen MR) is 120 cm³/mol. The monoisotopic (exact) mass is 448 g/mol. The van der Waals surface area contributed by atoms with Crippen LogP contribution >= 0.6 is 0 Å². The van der Waals surface area contributed by atoms with E-state index < -0.39 is 23.5 Å². The number of Topliss-reactive ketones (excluding diaryl/α,β-unsaturated/α-hetero) is 1. The zero-order chi connectivity index (χ0) is 22.8. The molecule has 5 rings (SSSR count). The van der Waals surface area contributed by atoms with Crippen molar-refractivity contribution in [2.75, 3.05) is 39.4 Å². The van der Waals surface area contributed by atoms with Crippen LogP contribution in [0.25, 0.3) is 11.0 Å². The predicted octanol–water partition coefficient (Wildman–Crippen LogP) is 1.71. The Morgan fingerprint density at radius 1 is 1.18 bits per heavy atom. The first-order chi connectivity index (χ1) is 16.1. The molecule has 2 aliphatic rings. The number of amides is 1. The molecule has 0 radical (unpaired) electrons. The molecule has 2 aromatic heterocycles. The summed E-state index contributed by atoms with van der Waals surface area (Å²) in [5.41, 5.74) is 1.28. The molecule has 8 heteroatoms. The van der Waals surface area contributed by atoms with Crippen LogP contribution in [0.5, 0.6) is 0 Å². The second kappa shape index (κ2) is 9.17. The van der Waals surface area contributed by atoms with Gasteiger partial charge in [0.15, 0.2) is 11.5 Å². The number of nitrogens with one attached hydrogen (secondary N) is 1. The Balaban J connectivity index is 1.43. The summed E-state index contributed by atoms with van der Waals surface area (Å²) in [6.45, 7) is 4.69. The van der Waals surface area contributed by atoms with E-state index in [9.17, 15) is 14.7 Å². The van der Waals surface area contributed by atoms with Crippen LogP contribution in [0.15, 0.2) is 70.6 Å².